The number of thiocarbonyl (C=S) groups is 1. The van der Waals surface area contributed by atoms with E-state index < -0.39 is 12.0 Å². The largest absolute Gasteiger partial charge is 0.494 e. The van der Waals surface area contributed by atoms with Crippen LogP contribution >= 0.6 is 12.2 Å². The summed E-state index contributed by atoms with van der Waals surface area (Å²) < 4.78 is 10.7. The molecule has 1 heterocycles. The second kappa shape index (κ2) is 11.5. The number of hydrogen-bond donors (Lipinski definition) is 3. The third kappa shape index (κ3) is 5.85. The number of allylic oxidation sites excluding steroid dienone is 1. The molecule has 0 spiro atoms. The van der Waals surface area contributed by atoms with Gasteiger partial charge in [0.2, 0.25) is 0 Å². The van der Waals surface area contributed by atoms with Crippen molar-refractivity contribution in [3.05, 3.63) is 65.4 Å². The van der Waals surface area contributed by atoms with Crippen molar-refractivity contribution in [2.75, 3.05) is 30.4 Å². The Hall–Kier alpha value is -3.59. The van der Waals surface area contributed by atoms with E-state index in [1.165, 1.54) is 0 Å². The molecule has 9 heteroatoms. The molecule has 0 aliphatic carbocycles. The quantitative estimate of drug-likeness (QED) is 0.367. The Bertz CT molecular complexity index is 1080. The maximum absolute atomic E-state index is 12.8. The van der Waals surface area contributed by atoms with Gasteiger partial charge in [-0.1, -0.05) is 12.1 Å². The minimum absolute atomic E-state index is 0.270. The number of hydrogen-bond acceptors (Lipinski definition) is 5. The molecule has 0 radical (unpaired) electrons. The molecule has 0 saturated carbocycles. The highest BCUT2D eigenvalue weighted by molar-refractivity contribution is 7.80. The standard InChI is InChI=1S/C25H30N4O4S/c1-5-29-16(4)21(23(30)33-7-3)22(28-25(29)34)17-9-8-10-19(15-17)27-24(31)26-18-11-13-20(14-12-18)32-6-2/h8-15,22H,5-7H2,1-4H3,(H,28,34)(H2,26,27,31). The van der Waals surface area contributed by atoms with Crippen molar-refractivity contribution in [3.63, 3.8) is 0 Å². The molecule has 3 N–H and O–H groups in total. The van der Waals surface area contributed by atoms with Crippen LogP contribution < -0.4 is 20.7 Å². The molecule has 34 heavy (non-hydrogen) atoms. The molecule has 2 amide bonds. The smallest absolute Gasteiger partial charge is 0.338 e. The van der Waals surface area contributed by atoms with Crippen molar-refractivity contribution in [3.8, 4) is 5.75 Å². The van der Waals surface area contributed by atoms with E-state index in [-0.39, 0.29) is 12.6 Å². The van der Waals surface area contributed by atoms with Gasteiger partial charge in [-0.15, -0.1) is 0 Å². The van der Waals surface area contributed by atoms with Gasteiger partial charge in [0.05, 0.1) is 24.8 Å². The van der Waals surface area contributed by atoms with Crippen LogP contribution in [0.3, 0.4) is 0 Å². The summed E-state index contributed by atoms with van der Waals surface area (Å²) in [6, 6.07) is 13.5. The van der Waals surface area contributed by atoms with E-state index in [0.29, 0.717) is 35.2 Å². The van der Waals surface area contributed by atoms with Gasteiger partial charge < -0.3 is 30.3 Å². The van der Waals surface area contributed by atoms with Gasteiger partial charge in [-0.05, 0) is 81.9 Å². The first-order chi connectivity index (χ1) is 16.4. The number of nitrogens with one attached hydrogen (secondary N) is 3. The first-order valence-electron chi connectivity index (χ1n) is 11.2. The van der Waals surface area contributed by atoms with Crippen molar-refractivity contribution < 1.29 is 19.1 Å². The average Bonchev–Trinajstić information content (AvgIpc) is 2.80. The van der Waals surface area contributed by atoms with Crippen LogP contribution in [0, 0.1) is 0 Å². The van der Waals surface area contributed by atoms with Gasteiger partial charge in [-0.25, -0.2) is 9.59 Å². The number of amides is 2. The van der Waals surface area contributed by atoms with Crippen molar-refractivity contribution in [2.24, 2.45) is 0 Å². The molecule has 0 bridgehead atoms. The maximum atomic E-state index is 12.8. The SMILES string of the molecule is CCOC(=O)C1=C(C)N(CC)C(=S)NC1c1cccc(NC(=O)Nc2ccc(OCC)cc2)c1. The van der Waals surface area contributed by atoms with Gasteiger partial charge in [0.25, 0.3) is 0 Å². The van der Waals surface area contributed by atoms with E-state index in [0.717, 1.165) is 17.0 Å². The lowest BCUT2D eigenvalue weighted by Crippen LogP contribution is -2.47. The van der Waals surface area contributed by atoms with Crippen LogP contribution in [0.4, 0.5) is 16.2 Å². The number of carbonyl (C=O) groups is 2. The van der Waals surface area contributed by atoms with Crippen LogP contribution in [0.15, 0.2) is 59.8 Å². The molecule has 0 saturated heterocycles. The highest BCUT2D eigenvalue weighted by Crippen LogP contribution is 2.32. The zero-order valence-electron chi connectivity index (χ0n) is 19.8. The van der Waals surface area contributed by atoms with E-state index in [1.54, 1.807) is 37.3 Å². The number of carbonyl (C=O) groups excluding carboxylic acids is 2. The molecule has 2 aromatic rings. The van der Waals surface area contributed by atoms with Crippen molar-refractivity contribution >= 4 is 40.7 Å². The molecule has 0 fully saturated rings. The van der Waals surface area contributed by atoms with Crippen LogP contribution in [-0.2, 0) is 9.53 Å². The van der Waals surface area contributed by atoms with Crippen LogP contribution in [0.25, 0.3) is 0 Å². The molecule has 8 nitrogen and oxygen atoms in total. The fraction of sp³-hybridized carbons (Fsp3) is 0.320. The zero-order chi connectivity index (χ0) is 24.7. The topological polar surface area (TPSA) is 91.9 Å². The van der Waals surface area contributed by atoms with E-state index in [1.807, 2.05) is 43.9 Å². The average molecular weight is 483 g/mol. The van der Waals surface area contributed by atoms with Crippen LogP contribution in [0.2, 0.25) is 0 Å². The first-order valence-corrected chi connectivity index (χ1v) is 11.6. The third-order valence-electron chi connectivity index (χ3n) is 5.31. The minimum atomic E-state index is -0.495. The third-order valence-corrected chi connectivity index (χ3v) is 5.65. The summed E-state index contributed by atoms with van der Waals surface area (Å²) in [4.78, 5) is 27.2. The molecule has 0 aromatic heterocycles. The molecular formula is C25H30N4O4S. The molecule has 3 rings (SSSR count). The van der Waals surface area contributed by atoms with Gasteiger partial charge >= 0.3 is 12.0 Å². The Labute approximate surface area is 205 Å². The number of anilines is 2. The lowest BCUT2D eigenvalue weighted by Gasteiger charge is -2.37. The fourth-order valence-electron chi connectivity index (χ4n) is 3.78. The first kappa shape index (κ1) is 25.0. The van der Waals surface area contributed by atoms with E-state index >= 15 is 0 Å². The number of nitrogens with zero attached hydrogens (tertiary/aromatic N) is 1. The monoisotopic (exact) mass is 482 g/mol. The lowest BCUT2D eigenvalue weighted by atomic mass is 9.94. The van der Waals surface area contributed by atoms with Gasteiger partial charge in [-0.3, -0.25) is 0 Å². The number of esters is 1. The number of urea groups is 1. The second-order valence-electron chi connectivity index (χ2n) is 7.51. The van der Waals surface area contributed by atoms with Crippen LogP contribution in [0.5, 0.6) is 5.75 Å². The Morgan fingerprint density at radius 1 is 1.03 bits per heavy atom. The van der Waals surface area contributed by atoms with E-state index in [9.17, 15) is 9.59 Å². The summed E-state index contributed by atoms with van der Waals surface area (Å²) in [6.45, 7) is 8.99. The molecule has 1 atom stereocenters. The van der Waals surface area contributed by atoms with Crippen LogP contribution in [0.1, 0.15) is 39.3 Å². The fourth-order valence-corrected chi connectivity index (χ4v) is 4.16. The van der Waals surface area contributed by atoms with E-state index in [4.69, 9.17) is 21.7 Å². The highest BCUT2D eigenvalue weighted by Gasteiger charge is 2.34. The summed E-state index contributed by atoms with van der Waals surface area (Å²) in [6.07, 6.45) is 0. The number of ether oxygens (including phenoxy) is 2. The zero-order valence-corrected chi connectivity index (χ0v) is 20.6. The lowest BCUT2D eigenvalue weighted by molar-refractivity contribution is -0.139. The molecule has 180 valence electrons. The number of rotatable bonds is 8. The van der Waals surface area contributed by atoms with Crippen LogP contribution in [-0.4, -0.2) is 41.8 Å². The summed E-state index contributed by atoms with van der Waals surface area (Å²) >= 11 is 5.53. The molecular weight excluding hydrogens is 452 g/mol. The van der Waals surface area contributed by atoms with Crippen molar-refractivity contribution in [1.29, 1.82) is 0 Å². The van der Waals surface area contributed by atoms with Crippen molar-refractivity contribution in [2.45, 2.75) is 33.7 Å². The normalized spacial score (nSPS) is 15.5. The van der Waals surface area contributed by atoms with Crippen molar-refractivity contribution in [1.82, 2.24) is 10.2 Å². The summed E-state index contributed by atoms with van der Waals surface area (Å²) in [5.41, 5.74) is 3.24. The molecule has 2 aromatic carbocycles. The number of benzene rings is 2. The Morgan fingerprint density at radius 2 is 1.74 bits per heavy atom. The Morgan fingerprint density at radius 3 is 2.38 bits per heavy atom. The Kier molecular flexibility index (Phi) is 8.48. The predicted octanol–water partition coefficient (Wildman–Crippen LogP) is 4.82. The molecule has 1 unspecified atom stereocenters. The Balaban J connectivity index is 1.80. The molecule has 1 aliphatic rings. The van der Waals surface area contributed by atoms with Gasteiger partial charge in [0, 0.05) is 23.6 Å². The maximum Gasteiger partial charge on any atom is 0.338 e. The predicted molar refractivity (Wildman–Crippen MR) is 137 cm³/mol. The second-order valence-corrected chi connectivity index (χ2v) is 7.89. The molecule has 1 aliphatic heterocycles. The van der Waals surface area contributed by atoms with Gasteiger partial charge in [0.15, 0.2) is 5.11 Å². The van der Waals surface area contributed by atoms with Gasteiger partial charge in [0.1, 0.15) is 5.75 Å². The summed E-state index contributed by atoms with van der Waals surface area (Å²) in [5.74, 6) is 0.339. The summed E-state index contributed by atoms with van der Waals surface area (Å²) in [7, 11) is 0. The highest BCUT2D eigenvalue weighted by atomic mass is 32.1. The minimum Gasteiger partial charge on any atom is -0.494 e. The summed E-state index contributed by atoms with van der Waals surface area (Å²) in [5, 5.41) is 9.41. The van der Waals surface area contributed by atoms with E-state index in [2.05, 4.69) is 16.0 Å². The van der Waals surface area contributed by atoms with Gasteiger partial charge in [-0.2, -0.15) is 0 Å².